The molecule has 0 bridgehead atoms. The van der Waals surface area contributed by atoms with Gasteiger partial charge in [0, 0.05) is 12.6 Å². The molecule has 2 aromatic carbocycles. The minimum absolute atomic E-state index is 0.279. The average Bonchev–Trinajstić information content (AvgIpc) is 3.09. The number of nitrogen functional groups attached to an aromatic ring is 1. The molecule has 4 aromatic rings. The predicted molar refractivity (Wildman–Crippen MR) is 91.6 cm³/mol. The lowest BCUT2D eigenvalue weighted by Crippen LogP contribution is -1.97. The lowest BCUT2D eigenvalue weighted by Gasteiger charge is -2.00. The minimum atomic E-state index is -0.279. The van der Waals surface area contributed by atoms with E-state index in [-0.39, 0.29) is 5.82 Å². The average molecular weight is 324 g/mol. The van der Waals surface area contributed by atoms with Crippen molar-refractivity contribution >= 4 is 27.4 Å². The molecule has 0 fully saturated rings. The summed E-state index contributed by atoms with van der Waals surface area (Å²) in [6.45, 7) is 0. The van der Waals surface area contributed by atoms with Crippen LogP contribution in [0.1, 0.15) is 0 Å². The second-order valence-corrected chi connectivity index (χ2v) is 6.26. The van der Waals surface area contributed by atoms with Gasteiger partial charge in [-0.1, -0.05) is 12.1 Å². The number of benzene rings is 2. The van der Waals surface area contributed by atoms with Crippen molar-refractivity contribution < 1.29 is 4.39 Å². The van der Waals surface area contributed by atoms with Crippen LogP contribution in [0.5, 0.6) is 0 Å². The molecule has 0 aliphatic carbocycles. The van der Waals surface area contributed by atoms with Crippen LogP contribution in [-0.4, -0.2) is 14.8 Å². The molecule has 0 radical (unpaired) electrons. The Bertz CT molecular complexity index is 968. The van der Waals surface area contributed by atoms with Gasteiger partial charge in [0.25, 0.3) is 0 Å². The number of rotatable bonds is 2. The smallest absolute Gasteiger partial charge is 0.132 e. The summed E-state index contributed by atoms with van der Waals surface area (Å²) in [6, 6.07) is 14.2. The number of nitrogens with two attached hydrogens (primary N) is 1. The zero-order chi connectivity index (χ0) is 16.0. The number of hydrogen-bond acceptors (Lipinski definition) is 4. The van der Waals surface area contributed by atoms with E-state index in [2.05, 4.69) is 10.1 Å². The number of thiazole rings is 1. The lowest BCUT2D eigenvalue weighted by atomic mass is 10.1. The molecule has 0 aliphatic heterocycles. The Kier molecular flexibility index (Phi) is 3.12. The largest absolute Gasteiger partial charge is 0.383 e. The van der Waals surface area contributed by atoms with Crippen LogP contribution in [-0.2, 0) is 7.05 Å². The highest BCUT2D eigenvalue weighted by Gasteiger charge is 2.20. The summed E-state index contributed by atoms with van der Waals surface area (Å²) in [4.78, 5) is 4.67. The van der Waals surface area contributed by atoms with Gasteiger partial charge in [-0.05, 0) is 36.4 Å². The van der Waals surface area contributed by atoms with Crippen molar-refractivity contribution in [3.8, 4) is 21.8 Å². The van der Waals surface area contributed by atoms with E-state index in [9.17, 15) is 4.39 Å². The third-order valence-corrected chi connectivity index (χ3v) is 4.77. The predicted octanol–water partition coefficient (Wildman–Crippen LogP) is 4.09. The van der Waals surface area contributed by atoms with Gasteiger partial charge in [-0.2, -0.15) is 5.10 Å². The van der Waals surface area contributed by atoms with Crippen LogP contribution in [0.3, 0.4) is 0 Å². The van der Waals surface area contributed by atoms with E-state index in [0.717, 1.165) is 26.4 Å². The number of aryl methyl sites for hydroxylation is 1. The van der Waals surface area contributed by atoms with Crippen molar-refractivity contribution in [2.24, 2.45) is 7.05 Å². The van der Waals surface area contributed by atoms with Gasteiger partial charge in [-0.25, -0.2) is 9.37 Å². The number of fused-ring (bicyclic) bond motifs is 1. The first-order valence-electron chi connectivity index (χ1n) is 7.08. The molecule has 4 nitrogen and oxygen atoms in total. The normalized spacial score (nSPS) is 11.2. The molecule has 0 atom stereocenters. The zero-order valence-corrected chi connectivity index (χ0v) is 13.1. The van der Waals surface area contributed by atoms with Crippen LogP contribution < -0.4 is 5.73 Å². The SMILES string of the molecule is Cn1nc(-c2ccc(F)cc2)c(-c2nc3ccccc3s2)c1N. The molecule has 6 heteroatoms. The Morgan fingerprint density at radius 3 is 2.57 bits per heavy atom. The van der Waals surface area contributed by atoms with Crippen molar-refractivity contribution in [2.75, 3.05) is 5.73 Å². The fourth-order valence-corrected chi connectivity index (χ4v) is 3.56. The third kappa shape index (κ3) is 2.27. The summed E-state index contributed by atoms with van der Waals surface area (Å²) in [7, 11) is 1.79. The summed E-state index contributed by atoms with van der Waals surface area (Å²) in [5, 5.41) is 5.31. The molecule has 114 valence electrons. The number of nitrogens with zero attached hydrogens (tertiary/aromatic N) is 3. The number of para-hydroxylation sites is 1. The first kappa shape index (κ1) is 13.9. The van der Waals surface area contributed by atoms with E-state index >= 15 is 0 Å². The fourth-order valence-electron chi connectivity index (χ4n) is 2.54. The fraction of sp³-hybridized carbons (Fsp3) is 0.0588. The van der Waals surface area contributed by atoms with Crippen LogP contribution >= 0.6 is 11.3 Å². The molecule has 0 aliphatic rings. The van der Waals surface area contributed by atoms with Gasteiger partial charge in [0.1, 0.15) is 22.3 Å². The van der Waals surface area contributed by atoms with Crippen molar-refractivity contribution in [3.05, 3.63) is 54.3 Å². The number of aromatic nitrogens is 3. The third-order valence-electron chi connectivity index (χ3n) is 3.72. The molecule has 4 rings (SSSR count). The monoisotopic (exact) mass is 324 g/mol. The Balaban J connectivity index is 1.95. The van der Waals surface area contributed by atoms with Crippen LogP contribution in [0, 0.1) is 5.82 Å². The maximum atomic E-state index is 13.2. The van der Waals surface area contributed by atoms with Crippen LogP contribution in [0.15, 0.2) is 48.5 Å². The van der Waals surface area contributed by atoms with Gasteiger partial charge in [-0.3, -0.25) is 4.68 Å². The van der Waals surface area contributed by atoms with E-state index in [4.69, 9.17) is 5.73 Å². The summed E-state index contributed by atoms with van der Waals surface area (Å²) in [5.41, 5.74) is 9.47. The lowest BCUT2D eigenvalue weighted by molar-refractivity contribution is 0.628. The highest BCUT2D eigenvalue weighted by molar-refractivity contribution is 7.21. The summed E-state index contributed by atoms with van der Waals surface area (Å²) in [6.07, 6.45) is 0. The zero-order valence-electron chi connectivity index (χ0n) is 12.3. The second kappa shape index (κ2) is 5.17. The van der Waals surface area contributed by atoms with Gasteiger partial charge >= 0.3 is 0 Å². The molecule has 23 heavy (non-hydrogen) atoms. The Morgan fingerprint density at radius 1 is 1.09 bits per heavy atom. The number of hydrogen-bond donors (Lipinski definition) is 1. The van der Waals surface area contributed by atoms with Crippen LogP contribution in [0.2, 0.25) is 0 Å². The van der Waals surface area contributed by atoms with Gasteiger partial charge < -0.3 is 5.73 Å². The van der Waals surface area contributed by atoms with Gasteiger partial charge in [0.05, 0.1) is 15.8 Å². The van der Waals surface area contributed by atoms with Crippen LogP contribution in [0.25, 0.3) is 32.0 Å². The molecular weight excluding hydrogens is 311 g/mol. The van der Waals surface area contributed by atoms with E-state index in [1.54, 1.807) is 35.2 Å². The molecule has 0 spiro atoms. The van der Waals surface area contributed by atoms with Crippen molar-refractivity contribution in [2.45, 2.75) is 0 Å². The van der Waals surface area contributed by atoms with E-state index in [1.807, 2.05) is 24.3 Å². The Morgan fingerprint density at radius 2 is 1.83 bits per heavy atom. The van der Waals surface area contributed by atoms with Crippen molar-refractivity contribution in [3.63, 3.8) is 0 Å². The standard InChI is InChI=1S/C17H13FN4S/c1-22-16(19)14(15(21-22)10-6-8-11(18)9-7-10)17-20-12-4-2-3-5-13(12)23-17/h2-9H,19H2,1H3. The van der Waals surface area contributed by atoms with Crippen molar-refractivity contribution in [1.82, 2.24) is 14.8 Å². The quantitative estimate of drug-likeness (QED) is 0.604. The van der Waals surface area contributed by atoms with Crippen molar-refractivity contribution in [1.29, 1.82) is 0 Å². The van der Waals surface area contributed by atoms with Gasteiger partial charge in [0.15, 0.2) is 0 Å². The summed E-state index contributed by atoms with van der Waals surface area (Å²) in [5.74, 6) is 0.266. The Hall–Kier alpha value is -2.73. The van der Waals surface area contributed by atoms with Gasteiger partial charge in [-0.15, -0.1) is 11.3 Å². The topological polar surface area (TPSA) is 56.7 Å². The molecule has 0 saturated heterocycles. The highest BCUT2D eigenvalue weighted by atomic mass is 32.1. The van der Waals surface area contributed by atoms with E-state index in [1.165, 1.54) is 12.1 Å². The minimum Gasteiger partial charge on any atom is -0.383 e. The van der Waals surface area contributed by atoms with E-state index < -0.39 is 0 Å². The van der Waals surface area contributed by atoms with E-state index in [0.29, 0.717) is 11.5 Å². The van der Waals surface area contributed by atoms with Crippen LogP contribution in [0.4, 0.5) is 10.2 Å². The molecule has 0 unspecified atom stereocenters. The maximum Gasteiger partial charge on any atom is 0.132 e. The number of anilines is 1. The first-order chi connectivity index (χ1) is 11.1. The number of halogens is 1. The highest BCUT2D eigenvalue weighted by Crippen LogP contribution is 2.39. The summed E-state index contributed by atoms with van der Waals surface area (Å²) >= 11 is 1.57. The molecular formula is C17H13FN4S. The van der Waals surface area contributed by atoms with Gasteiger partial charge in [0.2, 0.25) is 0 Å². The molecule has 2 heterocycles. The maximum absolute atomic E-state index is 13.2. The molecule has 2 N–H and O–H groups in total. The summed E-state index contributed by atoms with van der Waals surface area (Å²) < 4.78 is 15.9. The molecule has 0 amide bonds. The second-order valence-electron chi connectivity index (χ2n) is 5.23. The Labute approximate surface area is 136 Å². The first-order valence-corrected chi connectivity index (χ1v) is 7.89. The molecule has 0 saturated carbocycles. The molecule has 2 aromatic heterocycles.